The van der Waals surface area contributed by atoms with Crippen molar-refractivity contribution in [1.82, 2.24) is 4.90 Å². The summed E-state index contributed by atoms with van der Waals surface area (Å²) < 4.78 is 0. The van der Waals surface area contributed by atoms with Crippen LogP contribution in [0.3, 0.4) is 0 Å². The number of rotatable bonds is 2. The second-order valence-corrected chi connectivity index (χ2v) is 5.18. The van der Waals surface area contributed by atoms with E-state index in [0.29, 0.717) is 0 Å². The molecule has 1 aliphatic heterocycles. The first-order valence-electron chi connectivity index (χ1n) is 6.39. The molecule has 0 spiro atoms. The van der Waals surface area contributed by atoms with Gasteiger partial charge in [0.25, 0.3) is 0 Å². The second kappa shape index (κ2) is 4.87. The molecule has 1 heterocycles. The number of hydrogen-bond acceptors (Lipinski definition) is 1. The van der Waals surface area contributed by atoms with Crippen LogP contribution in [0.25, 0.3) is 0 Å². The Hall–Kier alpha value is -0.720. The van der Waals surface area contributed by atoms with E-state index in [-0.39, 0.29) is 0 Å². The van der Waals surface area contributed by atoms with Crippen molar-refractivity contribution in [2.75, 3.05) is 13.1 Å². The van der Waals surface area contributed by atoms with Crippen molar-refractivity contribution in [2.24, 2.45) is 11.8 Å². The maximum atomic E-state index is 2.56. The van der Waals surface area contributed by atoms with Crippen LogP contribution in [0.2, 0.25) is 0 Å². The quantitative estimate of drug-likeness (QED) is 0.666. The fourth-order valence-corrected chi connectivity index (χ4v) is 2.66. The molecule has 0 aromatic carbocycles. The second-order valence-electron chi connectivity index (χ2n) is 5.18. The third kappa shape index (κ3) is 2.64. The van der Waals surface area contributed by atoms with E-state index >= 15 is 0 Å². The third-order valence-electron chi connectivity index (χ3n) is 3.82. The Labute approximate surface area is 93.9 Å². The van der Waals surface area contributed by atoms with Gasteiger partial charge in [-0.15, -0.1) is 0 Å². The molecule has 0 unspecified atom stereocenters. The lowest BCUT2D eigenvalue weighted by atomic mass is 9.86. The standard InChI is InChI=1S/C14H23N/c1-12(2)13-8-10-15(11-9-13)14-6-4-3-5-7-14/h4,6-7,12-13H,3,5,8-11H2,1-2H3. The summed E-state index contributed by atoms with van der Waals surface area (Å²) in [5.74, 6) is 1.82. The Morgan fingerprint density at radius 1 is 1.20 bits per heavy atom. The maximum Gasteiger partial charge on any atom is 0.0322 e. The van der Waals surface area contributed by atoms with Crippen molar-refractivity contribution >= 4 is 0 Å². The van der Waals surface area contributed by atoms with Crippen LogP contribution in [-0.4, -0.2) is 18.0 Å². The number of allylic oxidation sites excluding steroid dienone is 3. The monoisotopic (exact) mass is 205 g/mol. The van der Waals surface area contributed by atoms with E-state index in [1.54, 1.807) is 0 Å². The minimum Gasteiger partial charge on any atom is -0.372 e. The van der Waals surface area contributed by atoms with Crippen molar-refractivity contribution in [2.45, 2.75) is 39.5 Å². The number of piperidine rings is 1. The Morgan fingerprint density at radius 2 is 1.93 bits per heavy atom. The molecule has 0 aromatic heterocycles. The van der Waals surface area contributed by atoms with Crippen LogP contribution in [0, 0.1) is 11.8 Å². The van der Waals surface area contributed by atoms with Gasteiger partial charge in [0.1, 0.15) is 0 Å². The van der Waals surface area contributed by atoms with Gasteiger partial charge in [0.2, 0.25) is 0 Å². The molecular weight excluding hydrogens is 182 g/mol. The molecule has 0 N–H and O–H groups in total. The van der Waals surface area contributed by atoms with Crippen molar-refractivity contribution in [3.8, 4) is 0 Å². The lowest BCUT2D eigenvalue weighted by molar-refractivity contribution is 0.194. The van der Waals surface area contributed by atoms with Gasteiger partial charge in [0, 0.05) is 18.8 Å². The zero-order chi connectivity index (χ0) is 10.7. The molecule has 1 fully saturated rings. The Bertz CT molecular complexity index is 255. The number of nitrogens with zero attached hydrogens (tertiary/aromatic N) is 1. The summed E-state index contributed by atoms with van der Waals surface area (Å²) in [6.07, 6.45) is 12.2. The van der Waals surface area contributed by atoms with Crippen molar-refractivity contribution in [3.05, 3.63) is 23.9 Å². The zero-order valence-corrected chi connectivity index (χ0v) is 10.1. The minimum absolute atomic E-state index is 0.864. The highest BCUT2D eigenvalue weighted by molar-refractivity contribution is 5.21. The van der Waals surface area contributed by atoms with Gasteiger partial charge in [-0.1, -0.05) is 26.0 Å². The average Bonchev–Trinajstić information content (AvgIpc) is 2.30. The molecule has 1 saturated heterocycles. The van der Waals surface area contributed by atoms with Crippen molar-refractivity contribution in [3.63, 3.8) is 0 Å². The van der Waals surface area contributed by atoms with Crippen molar-refractivity contribution < 1.29 is 0 Å². The van der Waals surface area contributed by atoms with Gasteiger partial charge >= 0.3 is 0 Å². The van der Waals surface area contributed by atoms with Crippen LogP contribution in [0.4, 0.5) is 0 Å². The van der Waals surface area contributed by atoms with E-state index in [1.165, 1.54) is 44.5 Å². The molecule has 0 saturated carbocycles. The van der Waals surface area contributed by atoms with Gasteiger partial charge in [0.15, 0.2) is 0 Å². The van der Waals surface area contributed by atoms with E-state index in [1.807, 2.05) is 0 Å². The van der Waals surface area contributed by atoms with Gasteiger partial charge in [-0.25, -0.2) is 0 Å². The van der Waals surface area contributed by atoms with Gasteiger partial charge < -0.3 is 4.90 Å². The molecule has 1 heteroatoms. The third-order valence-corrected chi connectivity index (χ3v) is 3.82. The van der Waals surface area contributed by atoms with E-state index in [0.717, 1.165) is 11.8 Å². The Balaban J connectivity index is 1.88. The van der Waals surface area contributed by atoms with Crippen LogP contribution in [0.15, 0.2) is 23.9 Å². The molecule has 2 aliphatic rings. The summed E-state index contributed by atoms with van der Waals surface area (Å²) in [4.78, 5) is 2.56. The summed E-state index contributed by atoms with van der Waals surface area (Å²) >= 11 is 0. The van der Waals surface area contributed by atoms with E-state index in [9.17, 15) is 0 Å². The average molecular weight is 205 g/mol. The molecule has 0 aromatic rings. The van der Waals surface area contributed by atoms with Gasteiger partial charge in [-0.3, -0.25) is 0 Å². The minimum atomic E-state index is 0.864. The highest BCUT2D eigenvalue weighted by atomic mass is 15.1. The molecule has 0 amide bonds. The van der Waals surface area contributed by atoms with Crippen LogP contribution < -0.4 is 0 Å². The summed E-state index contributed by atoms with van der Waals surface area (Å²) in [6.45, 7) is 7.25. The molecule has 1 nitrogen and oxygen atoms in total. The highest BCUT2D eigenvalue weighted by Crippen LogP contribution is 2.27. The Morgan fingerprint density at radius 3 is 2.47 bits per heavy atom. The predicted octanol–water partition coefficient (Wildman–Crippen LogP) is 3.59. The van der Waals surface area contributed by atoms with Crippen LogP contribution in [-0.2, 0) is 0 Å². The lowest BCUT2D eigenvalue weighted by Crippen LogP contribution is -2.34. The first-order valence-corrected chi connectivity index (χ1v) is 6.39. The number of hydrogen-bond donors (Lipinski definition) is 0. The molecule has 2 rings (SSSR count). The molecule has 1 aliphatic carbocycles. The first-order chi connectivity index (χ1) is 7.27. The largest absolute Gasteiger partial charge is 0.372 e. The molecule has 84 valence electrons. The van der Waals surface area contributed by atoms with Crippen molar-refractivity contribution in [1.29, 1.82) is 0 Å². The zero-order valence-electron chi connectivity index (χ0n) is 10.1. The van der Waals surface area contributed by atoms with Crippen LogP contribution in [0.5, 0.6) is 0 Å². The van der Waals surface area contributed by atoms with Crippen LogP contribution >= 0.6 is 0 Å². The summed E-state index contributed by atoms with van der Waals surface area (Å²) in [5, 5.41) is 0. The van der Waals surface area contributed by atoms with E-state index in [2.05, 4.69) is 37.0 Å². The summed E-state index contributed by atoms with van der Waals surface area (Å²) in [7, 11) is 0. The normalized spacial score (nSPS) is 23.4. The molecule has 0 bridgehead atoms. The van der Waals surface area contributed by atoms with E-state index < -0.39 is 0 Å². The number of likely N-dealkylation sites (tertiary alicyclic amines) is 1. The molecule has 0 atom stereocenters. The highest BCUT2D eigenvalue weighted by Gasteiger charge is 2.22. The summed E-state index contributed by atoms with van der Waals surface area (Å²) in [6, 6.07) is 0. The fourth-order valence-electron chi connectivity index (χ4n) is 2.66. The van der Waals surface area contributed by atoms with Crippen LogP contribution in [0.1, 0.15) is 39.5 Å². The van der Waals surface area contributed by atoms with Gasteiger partial charge in [-0.05, 0) is 43.6 Å². The fraction of sp³-hybridized carbons (Fsp3) is 0.714. The predicted molar refractivity (Wildman–Crippen MR) is 65.6 cm³/mol. The van der Waals surface area contributed by atoms with E-state index in [4.69, 9.17) is 0 Å². The molecule has 15 heavy (non-hydrogen) atoms. The van der Waals surface area contributed by atoms with Gasteiger partial charge in [0.05, 0.1) is 0 Å². The molecule has 0 radical (unpaired) electrons. The van der Waals surface area contributed by atoms with Gasteiger partial charge in [-0.2, -0.15) is 0 Å². The lowest BCUT2D eigenvalue weighted by Gasteiger charge is -2.36. The topological polar surface area (TPSA) is 3.24 Å². The first kappa shape index (κ1) is 10.8. The summed E-state index contributed by atoms with van der Waals surface area (Å²) in [5.41, 5.74) is 1.48. The smallest absolute Gasteiger partial charge is 0.0322 e. The SMILES string of the molecule is CC(C)C1CCN(C2=CCCC=C2)CC1. The Kier molecular flexibility index (Phi) is 3.50. The maximum absolute atomic E-state index is 2.56. The molecular formula is C14H23N.